The number of ether oxygens (including phenoxy) is 1. The van der Waals surface area contributed by atoms with Gasteiger partial charge >= 0.3 is 13.1 Å². The molecule has 90 valence electrons. The molecule has 0 bridgehead atoms. The molecule has 4 nitrogen and oxygen atoms in total. The van der Waals surface area contributed by atoms with Crippen molar-refractivity contribution >= 4 is 18.6 Å². The monoisotopic (exact) mass is 234 g/mol. The van der Waals surface area contributed by atoms with E-state index in [4.69, 9.17) is 9.31 Å². The molecule has 0 unspecified atom stereocenters. The topological polar surface area (TPSA) is 44.8 Å². The third-order valence-electron chi connectivity index (χ3n) is 2.61. The Morgan fingerprint density at radius 1 is 1.35 bits per heavy atom. The quantitative estimate of drug-likeness (QED) is 0.565. The van der Waals surface area contributed by atoms with Crippen molar-refractivity contribution in [2.45, 2.75) is 19.4 Å². The summed E-state index contributed by atoms with van der Waals surface area (Å²) in [5, 5.41) is 0. The summed E-state index contributed by atoms with van der Waals surface area (Å²) >= 11 is 0. The number of hydrogen-bond donors (Lipinski definition) is 0. The molecular formula is C12H15BO4. The Morgan fingerprint density at radius 3 is 2.47 bits per heavy atom. The van der Waals surface area contributed by atoms with Crippen LogP contribution in [0.3, 0.4) is 0 Å². The van der Waals surface area contributed by atoms with Crippen molar-refractivity contribution in [3.05, 3.63) is 29.8 Å². The van der Waals surface area contributed by atoms with Gasteiger partial charge in [0.1, 0.15) is 0 Å². The highest BCUT2D eigenvalue weighted by Crippen LogP contribution is 2.19. The van der Waals surface area contributed by atoms with Crippen LogP contribution in [0, 0.1) is 0 Å². The number of rotatable bonds is 2. The van der Waals surface area contributed by atoms with Crippen LogP contribution in [0.5, 0.6) is 0 Å². The highest BCUT2D eigenvalue weighted by molar-refractivity contribution is 6.61. The van der Waals surface area contributed by atoms with E-state index in [1.54, 1.807) is 12.1 Å². The van der Waals surface area contributed by atoms with Crippen molar-refractivity contribution in [1.29, 1.82) is 0 Å². The predicted octanol–water partition coefficient (Wildman–Crippen LogP) is 0.994. The van der Waals surface area contributed by atoms with Gasteiger partial charge in [-0.3, -0.25) is 0 Å². The first-order valence-corrected chi connectivity index (χ1v) is 5.49. The molecule has 1 heterocycles. The number of hydrogen-bond acceptors (Lipinski definition) is 4. The van der Waals surface area contributed by atoms with Crippen LogP contribution < -0.4 is 5.46 Å². The Morgan fingerprint density at radius 2 is 2.00 bits per heavy atom. The molecule has 17 heavy (non-hydrogen) atoms. The van der Waals surface area contributed by atoms with Gasteiger partial charge in [-0.15, -0.1) is 0 Å². The van der Waals surface area contributed by atoms with Crippen LogP contribution in [0.2, 0.25) is 0 Å². The smallest absolute Gasteiger partial charge is 0.465 e. The Kier molecular flexibility index (Phi) is 3.22. The molecule has 1 fully saturated rings. The van der Waals surface area contributed by atoms with Crippen molar-refractivity contribution < 1.29 is 18.8 Å². The fourth-order valence-corrected chi connectivity index (χ4v) is 1.69. The highest BCUT2D eigenvalue weighted by atomic mass is 16.7. The third kappa shape index (κ3) is 2.68. The number of esters is 1. The van der Waals surface area contributed by atoms with E-state index in [-0.39, 0.29) is 18.7 Å². The zero-order chi connectivity index (χ0) is 12.5. The van der Waals surface area contributed by atoms with Gasteiger partial charge in [-0.05, 0) is 31.4 Å². The van der Waals surface area contributed by atoms with Crippen molar-refractivity contribution in [3.8, 4) is 0 Å². The number of methoxy groups -OCH3 is 1. The molecule has 5 heteroatoms. The molecule has 0 spiro atoms. The Hall–Kier alpha value is -1.33. The van der Waals surface area contributed by atoms with E-state index >= 15 is 0 Å². The molecule has 0 aliphatic carbocycles. The Balaban J connectivity index is 2.11. The summed E-state index contributed by atoms with van der Waals surface area (Å²) in [5.74, 6) is -0.342. The van der Waals surface area contributed by atoms with Crippen LogP contribution in [0.1, 0.15) is 24.2 Å². The van der Waals surface area contributed by atoms with Crippen LogP contribution in [-0.2, 0) is 14.0 Å². The minimum atomic E-state index is -0.350. The van der Waals surface area contributed by atoms with Gasteiger partial charge in [0, 0.05) is 0 Å². The zero-order valence-electron chi connectivity index (χ0n) is 10.2. The van der Waals surface area contributed by atoms with Gasteiger partial charge in [-0.1, -0.05) is 12.1 Å². The molecule has 0 radical (unpaired) electrons. The van der Waals surface area contributed by atoms with Crippen molar-refractivity contribution in [2.24, 2.45) is 0 Å². The summed E-state index contributed by atoms with van der Waals surface area (Å²) in [7, 11) is 1.01. The van der Waals surface area contributed by atoms with Gasteiger partial charge < -0.3 is 14.0 Å². The average molecular weight is 234 g/mol. The van der Waals surface area contributed by atoms with Crippen molar-refractivity contribution in [1.82, 2.24) is 0 Å². The maximum absolute atomic E-state index is 11.3. The largest absolute Gasteiger partial charge is 0.494 e. The summed E-state index contributed by atoms with van der Waals surface area (Å²) in [5.41, 5.74) is 1.17. The highest BCUT2D eigenvalue weighted by Gasteiger charge is 2.37. The van der Waals surface area contributed by atoms with E-state index in [1.807, 2.05) is 26.0 Å². The third-order valence-corrected chi connectivity index (χ3v) is 2.61. The summed E-state index contributed by atoms with van der Waals surface area (Å²) < 4.78 is 15.9. The molecule has 0 N–H and O–H groups in total. The summed E-state index contributed by atoms with van der Waals surface area (Å²) in [4.78, 5) is 11.3. The van der Waals surface area contributed by atoms with Gasteiger partial charge in [0.15, 0.2) is 0 Å². The molecule has 1 saturated heterocycles. The van der Waals surface area contributed by atoms with Crippen LogP contribution in [0.25, 0.3) is 0 Å². The second-order valence-corrected chi connectivity index (χ2v) is 4.63. The average Bonchev–Trinajstić information content (AvgIpc) is 2.69. The summed E-state index contributed by atoms with van der Waals surface area (Å²) in [6.07, 6.45) is 0. The molecule has 0 atom stereocenters. The Bertz CT molecular complexity index is 413. The van der Waals surface area contributed by atoms with E-state index < -0.39 is 0 Å². The molecule has 0 aromatic heterocycles. The van der Waals surface area contributed by atoms with Gasteiger partial charge in [-0.2, -0.15) is 0 Å². The second-order valence-electron chi connectivity index (χ2n) is 4.63. The zero-order valence-corrected chi connectivity index (χ0v) is 10.2. The molecule has 1 aromatic carbocycles. The lowest BCUT2D eigenvalue weighted by Gasteiger charge is -2.15. The van der Waals surface area contributed by atoms with Crippen LogP contribution >= 0.6 is 0 Å². The van der Waals surface area contributed by atoms with E-state index in [2.05, 4.69) is 4.74 Å². The van der Waals surface area contributed by atoms with E-state index in [0.717, 1.165) is 5.46 Å². The van der Waals surface area contributed by atoms with Crippen molar-refractivity contribution in [2.75, 3.05) is 13.7 Å². The molecule has 0 saturated carbocycles. The number of carbonyl (C=O) groups excluding carboxylic acids is 1. The van der Waals surface area contributed by atoms with Crippen LogP contribution in [-0.4, -0.2) is 32.4 Å². The van der Waals surface area contributed by atoms with Crippen LogP contribution in [0.15, 0.2) is 24.3 Å². The molecule has 2 rings (SSSR count). The fourth-order valence-electron chi connectivity index (χ4n) is 1.69. The van der Waals surface area contributed by atoms with Gasteiger partial charge in [0.2, 0.25) is 0 Å². The lowest BCUT2D eigenvalue weighted by atomic mass is 9.79. The lowest BCUT2D eigenvalue weighted by molar-refractivity contribution is 0.0600. The standard InChI is InChI=1S/C12H15BO4/c1-12(2)8-16-13(17-12)10-6-4-9(5-7-10)11(14)15-3/h4-7H,8H2,1-3H3. The summed E-state index contributed by atoms with van der Waals surface area (Å²) in [6.45, 7) is 4.53. The molecule has 0 amide bonds. The van der Waals surface area contributed by atoms with Gasteiger partial charge in [0.05, 0.1) is 24.9 Å². The molecule has 1 aliphatic rings. The number of benzene rings is 1. The minimum Gasteiger partial charge on any atom is -0.465 e. The Labute approximate surface area is 101 Å². The SMILES string of the molecule is COC(=O)c1ccc(B2OCC(C)(C)O2)cc1. The first kappa shape index (κ1) is 12.1. The van der Waals surface area contributed by atoms with E-state index in [1.165, 1.54) is 7.11 Å². The molecular weight excluding hydrogens is 219 g/mol. The fraction of sp³-hybridized carbons (Fsp3) is 0.417. The van der Waals surface area contributed by atoms with E-state index in [0.29, 0.717) is 12.2 Å². The molecule has 1 aromatic rings. The van der Waals surface area contributed by atoms with Crippen molar-refractivity contribution in [3.63, 3.8) is 0 Å². The first-order chi connectivity index (χ1) is 8.02. The van der Waals surface area contributed by atoms with Crippen LogP contribution in [0.4, 0.5) is 0 Å². The maximum atomic E-state index is 11.3. The van der Waals surface area contributed by atoms with Gasteiger partial charge in [0.25, 0.3) is 0 Å². The normalized spacial score (nSPS) is 18.2. The molecule has 1 aliphatic heterocycles. The van der Waals surface area contributed by atoms with E-state index in [9.17, 15) is 4.79 Å². The second kappa shape index (κ2) is 4.51. The number of carbonyl (C=O) groups is 1. The maximum Gasteiger partial charge on any atom is 0.494 e. The first-order valence-electron chi connectivity index (χ1n) is 5.49. The summed E-state index contributed by atoms with van der Waals surface area (Å²) in [6, 6.07) is 7.05. The van der Waals surface area contributed by atoms with Gasteiger partial charge in [-0.25, -0.2) is 4.79 Å². The lowest BCUT2D eigenvalue weighted by Crippen LogP contribution is -2.34. The minimum absolute atomic E-state index is 0.258. The predicted molar refractivity (Wildman–Crippen MR) is 64.3 cm³/mol.